The van der Waals surface area contributed by atoms with E-state index >= 15 is 0 Å². The van der Waals surface area contributed by atoms with Gasteiger partial charge in [0.15, 0.2) is 0 Å². The van der Waals surface area contributed by atoms with Gasteiger partial charge in [0.1, 0.15) is 0 Å². The number of aliphatic hydroxyl groups excluding tert-OH is 1. The molecule has 0 spiro atoms. The van der Waals surface area contributed by atoms with Crippen molar-refractivity contribution in [1.82, 2.24) is 4.90 Å². The summed E-state index contributed by atoms with van der Waals surface area (Å²) in [4.78, 5) is 2.47. The van der Waals surface area contributed by atoms with Gasteiger partial charge in [-0.05, 0) is 48.9 Å². The highest BCUT2D eigenvalue weighted by molar-refractivity contribution is 5.79. The Bertz CT molecular complexity index is 430. The second-order valence-electron chi connectivity index (χ2n) is 7.12. The zero-order valence-electron chi connectivity index (χ0n) is 13.7. The number of hydrogen-bond acceptors (Lipinski definition) is 3. The average Bonchev–Trinajstić information content (AvgIpc) is 2.50. The van der Waals surface area contributed by atoms with Crippen LogP contribution in [-0.2, 0) is 0 Å². The first-order valence-corrected chi connectivity index (χ1v) is 8.32. The third-order valence-electron chi connectivity index (χ3n) is 5.21. The molecule has 2 atom stereocenters. The summed E-state index contributed by atoms with van der Waals surface area (Å²) >= 11 is 0. The molecule has 2 rings (SSSR count). The van der Waals surface area contributed by atoms with E-state index in [1.807, 2.05) is 6.08 Å². The van der Waals surface area contributed by atoms with Gasteiger partial charge in [-0.1, -0.05) is 39.3 Å². The van der Waals surface area contributed by atoms with Gasteiger partial charge in [-0.2, -0.15) is 0 Å². The Morgan fingerprint density at radius 3 is 2.57 bits per heavy atom. The van der Waals surface area contributed by atoms with Crippen LogP contribution < -0.4 is 0 Å². The van der Waals surface area contributed by atoms with E-state index in [9.17, 15) is 5.11 Å². The molecule has 0 saturated carbocycles. The molecule has 3 heteroatoms. The molecule has 1 aliphatic carbocycles. The minimum atomic E-state index is -0.527. The number of aliphatic hydroxyl groups is 1. The first-order chi connectivity index (χ1) is 9.97. The number of allylic oxidation sites excluding steroid dienone is 2. The molecule has 0 bridgehead atoms. The van der Waals surface area contributed by atoms with Crippen molar-refractivity contribution in [3.63, 3.8) is 0 Å². The Morgan fingerprint density at radius 2 is 2.00 bits per heavy atom. The number of rotatable bonds is 5. The molecule has 1 unspecified atom stereocenters. The fourth-order valence-electron chi connectivity index (χ4n) is 3.23. The summed E-state index contributed by atoms with van der Waals surface area (Å²) < 4.78 is 0. The number of nitrogens with zero attached hydrogens (tertiary/aromatic N) is 1. The van der Waals surface area contributed by atoms with Crippen LogP contribution in [0, 0.1) is 16.7 Å². The van der Waals surface area contributed by atoms with Crippen LogP contribution in [0.4, 0.5) is 0 Å². The van der Waals surface area contributed by atoms with Crippen molar-refractivity contribution in [2.24, 2.45) is 11.3 Å². The summed E-state index contributed by atoms with van der Waals surface area (Å²) in [7, 11) is 0. The molecule has 1 heterocycles. The number of nitrogens with one attached hydrogen (secondary N) is 1. The molecule has 0 amide bonds. The van der Waals surface area contributed by atoms with Crippen LogP contribution >= 0.6 is 0 Å². The summed E-state index contributed by atoms with van der Waals surface area (Å²) in [6.45, 7) is 9.89. The molecule has 2 aliphatic rings. The fourth-order valence-corrected chi connectivity index (χ4v) is 3.23. The third-order valence-corrected chi connectivity index (χ3v) is 5.21. The first kappa shape index (κ1) is 16.4. The standard InChI is InChI=1S/C18H30N2O/c1-4-18(2,3)16-10-14(12-19)17(21)15(11-16)13-20-8-6-5-7-9-20/h10-12,15,17,19,21H,4-9,13H2,1-3H3/t15?,17-/m1/s1. The van der Waals surface area contributed by atoms with Crippen LogP contribution in [-0.4, -0.2) is 42.0 Å². The van der Waals surface area contributed by atoms with Crippen LogP contribution in [0.25, 0.3) is 0 Å². The van der Waals surface area contributed by atoms with Gasteiger partial charge >= 0.3 is 0 Å². The Morgan fingerprint density at radius 1 is 1.33 bits per heavy atom. The summed E-state index contributed by atoms with van der Waals surface area (Å²) in [5.74, 6) is 0.116. The molecular weight excluding hydrogens is 260 g/mol. The van der Waals surface area contributed by atoms with E-state index in [-0.39, 0.29) is 11.3 Å². The maximum Gasteiger partial charge on any atom is 0.0879 e. The van der Waals surface area contributed by atoms with Crippen molar-refractivity contribution in [2.75, 3.05) is 19.6 Å². The Hall–Kier alpha value is -0.930. The minimum absolute atomic E-state index is 0.106. The summed E-state index contributed by atoms with van der Waals surface area (Å²) in [5.41, 5.74) is 2.14. The first-order valence-electron chi connectivity index (χ1n) is 8.32. The predicted octanol–water partition coefficient (Wildman–Crippen LogP) is 3.40. The Kier molecular flexibility index (Phi) is 5.39. The Balaban J connectivity index is 2.18. The third kappa shape index (κ3) is 3.83. The largest absolute Gasteiger partial charge is 0.388 e. The highest BCUT2D eigenvalue weighted by Crippen LogP contribution is 2.36. The lowest BCUT2D eigenvalue weighted by Crippen LogP contribution is -2.40. The highest BCUT2D eigenvalue weighted by atomic mass is 16.3. The van der Waals surface area contributed by atoms with Crippen LogP contribution in [0.15, 0.2) is 23.3 Å². The molecule has 21 heavy (non-hydrogen) atoms. The zero-order valence-corrected chi connectivity index (χ0v) is 13.7. The van der Waals surface area contributed by atoms with Crippen LogP contribution in [0.2, 0.25) is 0 Å². The summed E-state index contributed by atoms with van der Waals surface area (Å²) in [6, 6.07) is 0. The average molecular weight is 290 g/mol. The van der Waals surface area contributed by atoms with Crippen molar-refractivity contribution in [2.45, 2.75) is 52.6 Å². The number of hydrogen-bond donors (Lipinski definition) is 2. The van der Waals surface area contributed by atoms with Gasteiger partial charge in [0.2, 0.25) is 0 Å². The van der Waals surface area contributed by atoms with Gasteiger partial charge in [-0.25, -0.2) is 0 Å². The monoisotopic (exact) mass is 290 g/mol. The quantitative estimate of drug-likeness (QED) is 0.762. The van der Waals surface area contributed by atoms with Crippen molar-refractivity contribution >= 4 is 6.21 Å². The van der Waals surface area contributed by atoms with Crippen molar-refractivity contribution in [1.29, 1.82) is 5.41 Å². The normalized spacial score (nSPS) is 28.0. The molecule has 1 fully saturated rings. The van der Waals surface area contributed by atoms with E-state index in [0.29, 0.717) is 0 Å². The second-order valence-corrected chi connectivity index (χ2v) is 7.12. The maximum atomic E-state index is 10.5. The fraction of sp³-hybridized carbons (Fsp3) is 0.722. The highest BCUT2D eigenvalue weighted by Gasteiger charge is 2.31. The molecule has 0 aromatic rings. The van der Waals surface area contributed by atoms with Gasteiger partial charge < -0.3 is 15.4 Å². The molecule has 1 saturated heterocycles. The lowest BCUT2D eigenvalue weighted by atomic mass is 9.75. The van der Waals surface area contributed by atoms with E-state index < -0.39 is 6.10 Å². The summed E-state index contributed by atoms with van der Waals surface area (Å²) in [5, 5.41) is 18.1. The molecule has 118 valence electrons. The number of piperidine rings is 1. The van der Waals surface area contributed by atoms with Gasteiger partial charge in [-0.15, -0.1) is 0 Å². The molecule has 1 aliphatic heterocycles. The maximum absolute atomic E-state index is 10.5. The van der Waals surface area contributed by atoms with Crippen LogP contribution in [0.1, 0.15) is 46.5 Å². The zero-order chi connectivity index (χ0) is 15.5. The van der Waals surface area contributed by atoms with E-state index in [2.05, 4.69) is 31.7 Å². The predicted molar refractivity (Wildman–Crippen MR) is 88.8 cm³/mol. The Labute approximate surface area is 129 Å². The molecular formula is C18H30N2O. The van der Waals surface area contributed by atoms with E-state index in [4.69, 9.17) is 5.41 Å². The van der Waals surface area contributed by atoms with E-state index in [1.54, 1.807) is 0 Å². The van der Waals surface area contributed by atoms with Gasteiger partial charge in [0.05, 0.1) is 6.10 Å². The SMILES string of the molecule is CCC(C)(C)C1=CC(CN2CCCCC2)[C@H](O)C(C=N)=C1. The van der Waals surface area contributed by atoms with Crippen LogP contribution in [0.5, 0.6) is 0 Å². The molecule has 3 nitrogen and oxygen atoms in total. The smallest absolute Gasteiger partial charge is 0.0879 e. The molecule has 0 aromatic carbocycles. The lowest BCUT2D eigenvalue weighted by molar-refractivity contribution is 0.121. The molecule has 2 N–H and O–H groups in total. The number of likely N-dealkylation sites (tertiary alicyclic amines) is 1. The van der Waals surface area contributed by atoms with Crippen molar-refractivity contribution in [3.05, 3.63) is 23.3 Å². The van der Waals surface area contributed by atoms with Gasteiger partial charge in [0, 0.05) is 18.7 Å². The van der Waals surface area contributed by atoms with Gasteiger partial charge in [0.25, 0.3) is 0 Å². The van der Waals surface area contributed by atoms with Crippen LogP contribution in [0.3, 0.4) is 0 Å². The van der Waals surface area contributed by atoms with E-state index in [1.165, 1.54) is 31.1 Å². The van der Waals surface area contributed by atoms with E-state index in [0.717, 1.165) is 31.6 Å². The summed E-state index contributed by atoms with van der Waals surface area (Å²) in [6.07, 6.45) is 10.0. The second kappa shape index (κ2) is 6.89. The van der Waals surface area contributed by atoms with Crippen molar-refractivity contribution < 1.29 is 5.11 Å². The minimum Gasteiger partial charge on any atom is -0.388 e. The molecule has 0 aromatic heterocycles. The lowest BCUT2D eigenvalue weighted by Gasteiger charge is -2.36. The van der Waals surface area contributed by atoms with Crippen molar-refractivity contribution in [3.8, 4) is 0 Å². The topological polar surface area (TPSA) is 47.3 Å². The van der Waals surface area contributed by atoms with Gasteiger partial charge in [-0.3, -0.25) is 0 Å². The molecule has 0 radical (unpaired) electrons.